The molecule has 1 aliphatic carbocycles. The molecule has 170 valence electrons. The summed E-state index contributed by atoms with van der Waals surface area (Å²) < 4.78 is 58.7. The van der Waals surface area contributed by atoms with E-state index >= 15 is 0 Å². The summed E-state index contributed by atoms with van der Waals surface area (Å²) in [6.45, 7) is 2.98. The minimum atomic E-state index is -3.97. The van der Waals surface area contributed by atoms with Crippen LogP contribution in [-0.4, -0.2) is 46.3 Å². The van der Waals surface area contributed by atoms with Crippen molar-refractivity contribution < 1.29 is 21.6 Å². The predicted octanol–water partition coefficient (Wildman–Crippen LogP) is 3.98. The van der Waals surface area contributed by atoms with Crippen LogP contribution in [0.15, 0.2) is 38.5 Å². The first-order chi connectivity index (χ1) is 14.8. The molecule has 0 radical (unpaired) electrons. The molecule has 1 aliphatic heterocycles. The number of sulfone groups is 2. The van der Waals surface area contributed by atoms with Gasteiger partial charge in [-0.2, -0.15) is 0 Å². The SMILES string of the molecule is Cc1ccc(S(=O)(=O)c2nc(S(=O)(=O)C3CCCCC3)sc2NCC2CCCO2)cc1. The molecule has 4 rings (SSSR count). The van der Waals surface area contributed by atoms with Crippen molar-refractivity contribution in [2.45, 2.75) is 77.5 Å². The van der Waals surface area contributed by atoms with Crippen LogP contribution in [0.3, 0.4) is 0 Å². The van der Waals surface area contributed by atoms with Crippen LogP contribution in [0, 0.1) is 6.92 Å². The second-order valence-corrected chi connectivity index (χ2v) is 13.5. The number of hydrogen-bond acceptors (Lipinski definition) is 8. The number of thiazole rings is 1. The normalized spacial score (nSPS) is 20.7. The summed E-state index contributed by atoms with van der Waals surface area (Å²) in [6.07, 6.45) is 5.80. The number of nitrogens with zero attached hydrogens (tertiary/aromatic N) is 1. The summed E-state index contributed by atoms with van der Waals surface area (Å²) in [4.78, 5) is 4.31. The maximum atomic E-state index is 13.4. The highest BCUT2D eigenvalue weighted by Crippen LogP contribution is 2.38. The van der Waals surface area contributed by atoms with E-state index in [0.717, 1.165) is 49.0 Å². The summed E-state index contributed by atoms with van der Waals surface area (Å²) in [6, 6.07) is 6.50. The van der Waals surface area contributed by atoms with Crippen molar-refractivity contribution in [2.24, 2.45) is 0 Å². The number of anilines is 1. The Kier molecular flexibility index (Phi) is 6.71. The second-order valence-electron chi connectivity index (χ2n) is 8.25. The third-order valence-electron chi connectivity index (χ3n) is 5.91. The van der Waals surface area contributed by atoms with Gasteiger partial charge in [0.05, 0.1) is 16.2 Å². The summed E-state index contributed by atoms with van der Waals surface area (Å²) in [5.41, 5.74) is 0.939. The van der Waals surface area contributed by atoms with E-state index in [1.54, 1.807) is 12.1 Å². The first kappa shape index (κ1) is 22.7. The lowest BCUT2D eigenvalue weighted by Gasteiger charge is -2.20. The number of nitrogens with one attached hydrogen (secondary N) is 1. The van der Waals surface area contributed by atoms with E-state index in [0.29, 0.717) is 26.0 Å². The molecule has 0 spiro atoms. The van der Waals surface area contributed by atoms with E-state index in [1.165, 1.54) is 12.1 Å². The first-order valence-electron chi connectivity index (χ1n) is 10.7. The quantitative estimate of drug-likeness (QED) is 0.634. The lowest BCUT2D eigenvalue weighted by Crippen LogP contribution is -2.24. The van der Waals surface area contributed by atoms with Gasteiger partial charge in [-0.05, 0) is 44.7 Å². The lowest BCUT2D eigenvalue weighted by molar-refractivity contribution is 0.120. The molecule has 10 heteroatoms. The molecular weight excluding hydrogens is 456 g/mol. The molecule has 2 heterocycles. The topological polar surface area (TPSA) is 102 Å². The van der Waals surface area contributed by atoms with Crippen LogP contribution in [0.25, 0.3) is 0 Å². The van der Waals surface area contributed by atoms with Crippen LogP contribution in [0.5, 0.6) is 0 Å². The Bertz CT molecular complexity index is 1110. The molecule has 2 aromatic rings. The number of hydrogen-bond donors (Lipinski definition) is 1. The van der Waals surface area contributed by atoms with Crippen molar-refractivity contribution in [1.29, 1.82) is 0 Å². The number of rotatable bonds is 7. The fraction of sp³-hybridized carbons (Fsp3) is 0.571. The van der Waals surface area contributed by atoms with Gasteiger partial charge in [0.1, 0.15) is 5.00 Å². The number of benzene rings is 1. The molecule has 0 amide bonds. The van der Waals surface area contributed by atoms with Crippen molar-refractivity contribution in [2.75, 3.05) is 18.5 Å². The van der Waals surface area contributed by atoms with Gasteiger partial charge in [-0.3, -0.25) is 0 Å². The molecular formula is C21H28N2O5S3. The zero-order valence-corrected chi connectivity index (χ0v) is 20.0. The Hall–Kier alpha value is -1.49. The Morgan fingerprint density at radius 1 is 1.03 bits per heavy atom. The van der Waals surface area contributed by atoms with Crippen molar-refractivity contribution in [3.63, 3.8) is 0 Å². The summed E-state index contributed by atoms with van der Waals surface area (Å²) in [7, 11) is -7.65. The average Bonchev–Trinajstić information content (AvgIpc) is 3.44. The highest BCUT2D eigenvalue weighted by atomic mass is 32.2. The number of ether oxygens (including phenoxy) is 1. The molecule has 1 aromatic carbocycles. The lowest BCUT2D eigenvalue weighted by atomic mass is 10.0. The van der Waals surface area contributed by atoms with Gasteiger partial charge < -0.3 is 10.1 Å². The van der Waals surface area contributed by atoms with Gasteiger partial charge in [0.15, 0.2) is 5.03 Å². The van der Waals surface area contributed by atoms with Crippen molar-refractivity contribution >= 4 is 36.0 Å². The van der Waals surface area contributed by atoms with Crippen LogP contribution in [0.4, 0.5) is 5.00 Å². The van der Waals surface area contributed by atoms with Crippen LogP contribution in [0.1, 0.15) is 50.5 Å². The van der Waals surface area contributed by atoms with Gasteiger partial charge in [-0.1, -0.05) is 48.3 Å². The molecule has 0 bridgehead atoms. The second kappa shape index (κ2) is 9.17. The minimum absolute atomic E-state index is 0.0181. The molecule has 1 unspecified atom stereocenters. The van der Waals surface area contributed by atoms with E-state index in [9.17, 15) is 16.8 Å². The van der Waals surface area contributed by atoms with Gasteiger partial charge in [-0.25, -0.2) is 21.8 Å². The van der Waals surface area contributed by atoms with E-state index < -0.39 is 24.9 Å². The summed E-state index contributed by atoms with van der Waals surface area (Å²) in [5, 5.41) is 2.69. The van der Waals surface area contributed by atoms with Gasteiger partial charge in [-0.15, -0.1) is 0 Å². The largest absolute Gasteiger partial charge is 0.376 e. The van der Waals surface area contributed by atoms with Crippen LogP contribution in [-0.2, 0) is 24.4 Å². The van der Waals surface area contributed by atoms with E-state index in [1.807, 2.05) is 6.92 Å². The monoisotopic (exact) mass is 484 g/mol. The maximum Gasteiger partial charge on any atom is 0.226 e. The smallest absolute Gasteiger partial charge is 0.226 e. The molecule has 1 aromatic heterocycles. The Labute approximate surface area is 188 Å². The third kappa shape index (κ3) is 4.81. The predicted molar refractivity (Wildman–Crippen MR) is 120 cm³/mol. The average molecular weight is 485 g/mol. The van der Waals surface area contributed by atoms with Crippen molar-refractivity contribution in [1.82, 2.24) is 4.98 Å². The first-order valence-corrected chi connectivity index (χ1v) is 14.5. The zero-order chi connectivity index (χ0) is 22.1. The molecule has 7 nitrogen and oxygen atoms in total. The van der Waals surface area contributed by atoms with Crippen LogP contribution < -0.4 is 5.32 Å². The standard InChI is InChI=1S/C21H28N2O5S3/c1-15-9-11-18(12-10-15)30(24,25)20-19(22-14-16-6-5-13-28-16)29-21(23-20)31(26,27)17-7-3-2-4-8-17/h9-12,16-17,22H,2-8,13-14H2,1H3. The highest BCUT2D eigenvalue weighted by molar-refractivity contribution is 7.94. The van der Waals surface area contributed by atoms with E-state index in [-0.39, 0.29) is 25.4 Å². The van der Waals surface area contributed by atoms with E-state index in [4.69, 9.17) is 4.74 Å². The fourth-order valence-corrected chi connectivity index (χ4v) is 9.06. The van der Waals surface area contributed by atoms with E-state index in [2.05, 4.69) is 10.3 Å². The number of aromatic nitrogens is 1. The van der Waals surface area contributed by atoms with Gasteiger partial charge in [0.25, 0.3) is 0 Å². The Morgan fingerprint density at radius 3 is 2.39 bits per heavy atom. The van der Waals surface area contributed by atoms with Crippen LogP contribution in [0.2, 0.25) is 0 Å². The summed E-state index contributed by atoms with van der Waals surface area (Å²) in [5.74, 6) is 0. The molecule has 2 fully saturated rings. The minimum Gasteiger partial charge on any atom is -0.376 e. The summed E-state index contributed by atoms with van der Waals surface area (Å²) >= 11 is 0.923. The Morgan fingerprint density at radius 2 is 1.74 bits per heavy atom. The molecule has 1 N–H and O–H groups in total. The van der Waals surface area contributed by atoms with Gasteiger partial charge >= 0.3 is 0 Å². The molecule has 31 heavy (non-hydrogen) atoms. The van der Waals surface area contributed by atoms with Crippen LogP contribution >= 0.6 is 11.3 Å². The van der Waals surface area contributed by atoms with Crippen molar-refractivity contribution in [3.05, 3.63) is 29.8 Å². The zero-order valence-electron chi connectivity index (χ0n) is 17.5. The number of aryl methyl sites for hydroxylation is 1. The Balaban J connectivity index is 1.71. The van der Waals surface area contributed by atoms with Gasteiger partial charge in [0.2, 0.25) is 24.0 Å². The molecule has 1 saturated carbocycles. The third-order valence-corrected chi connectivity index (χ3v) is 11.4. The molecule has 1 atom stereocenters. The fourth-order valence-electron chi connectivity index (χ4n) is 4.06. The van der Waals surface area contributed by atoms with Gasteiger partial charge in [0, 0.05) is 13.2 Å². The highest BCUT2D eigenvalue weighted by Gasteiger charge is 2.35. The maximum absolute atomic E-state index is 13.4. The molecule has 1 saturated heterocycles. The molecule has 2 aliphatic rings. The van der Waals surface area contributed by atoms with Crippen molar-refractivity contribution in [3.8, 4) is 0 Å².